The quantitative estimate of drug-likeness (QED) is 0.140. The van der Waals surface area contributed by atoms with Crippen LogP contribution in [0, 0.1) is 0 Å². The smallest absolute Gasteiger partial charge is 0.305 e. The molecule has 0 radical (unpaired) electrons. The minimum atomic E-state index is -1.21. The molecule has 1 aliphatic carbocycles. The van der Waals surface area contributed by atoms with Gasteiger partial charge in [0.05, 0.1) is 34.7 Å². The number of rotatable bonds is 11. The monoisotopic (exact) mass is 499 g/mol. The van der Waals surface area contributed by atoms with E-state index in [4.69, 9.17) is 10.8 Å². The molecule has 0 saturated heterocycles. The van der Waals surface area contributed by atoms with Crippen molar-refractivity contribution in [1.82, 2.24) is 10.2 Å². The van der Waals surface area contributed by atoms with Crippen LogP contribution in [0.5, 0.6) is 11.5 Å². The van der Waals surface area contributed by atoms with Crippen molar-refractivity contribution in [3.63, 3.8) is 0 Å². The number of amides is 1. The molecule has 0 spiro atoms. The summed E-state index contributed by atoms with van der Waals surface area (Å²) < 4.78 is 0. The molecule has 0 bridgehead atoms. The Morgan fingerprint density at radius 3 is 1.83 bits per heavy atom. The Hall–Kier alpha value is -4.16. The number of aliphatic carboxylic acids is 1. The number of aromatic hydroxyl groups is 2. The largest absolute Gasteiger partial charge is 0.507 e. The lowest BCUT2D eigenvalue weighted by Gasteiger charge is -2.25. The SMILES string of the molecule is CN(C)CCNc1ccc(O)c2c1C(=O)c1c(O)ccc(NCCNC(=O)C(N)CC(=O)O)c1C2=O. The fourth-order valence-electron chi connectivity index (χ4n) is 3.87. The van der Waals surface area contributed by atoms with Gasteiger partial charge in [-0.15, -0.1) is 0 Å². The van der Waals surface area contributed by atoms with E-state index in [1.54, 1.807) is 0 Å². The van der Waals surface area contributed by atoms with E-state index >= 15 is 0 Å². The summed E-state index contributed by atoms with van der Waals surface area (Å²) in [6, 6.07) is 4.33. The lowest BCUT2D eigenvalue weighted by Crippen LogP contribution is -2.43. The maximum absolute atomic E-state index is 13.5. The maximum atomic E-state index is 13.5. The van der Waals surface area contributed by atoms with Crippen molar-refractivity contribution in [2.24, 2.45) is 5.73 Å². The molecule has 0 saturated carbocycles. The van der Waals surface area contributed by atoms with Crippen molar-refractivity contribution in [3.05, 3.63) is 46.5 Å². The molecule has 2 aromatic carbocycles. The fraction of sp³-hybridized carbons (Fsp3) is 0.333. The molecule has 1 atom stereocenters. The number of phenolic OH excluding ortho intramolecular Hbond substituents is 2. The van der Waals surface area contributed by atoms with Gasteiger partial charge in [0.2, 0.25) is 17.5 Å². The molecule has 0 fully saturated rings. The Bertz CT molecular complexity index is 1210. The highest BCUT2D eigenvalue weighted by Gasteiger charge is 2.37. The molecular formula is C24H29N5O7. The molecule has 3 rings (SSSR count). The number of ketones is 2. The van der Waals surface area contributed by atoms with Crippen LogP contribution in [0.3, 0.4) is 0 Å². The number of likely N-dealkylation sites (N-methyl/N-ethyl adjacent to an activating group) is 1. The van der Waals surface area contributed by atoms with E-state index in [1.807, 2.05) is 19.0 Å². The molecule has 36 heavy (non-hydrogen) atoms. The molecule has 12 heteroatoms. The first kappa shape index (κ1) is 26.4. The first-order valence-electron chi connectivity index (χ1n) is 11.2. The van der Waals surface area contributed by atoms with Crippen molar-refractivity contribution in [3.8, 4) is 11.5 Å². The second-order valence-corrected chi connectivity index (χ2v) is 8.57. The summed E-state index contributed by atoms with van der Waals surface area (Å²) in [5.74, 6) is -3.84. The Morgan fingerprint density at radius 1 is 0.861 bits per heavy atom. The van der Waals surface area contributed by atoms with E-state index in [2.05, 4.69) is 16.0 Å². The lowest BCUT2D eigenvalue weighted by molar-refractivity contribution is -0.139. The highest BCUT2D eigenvalue weighted by Crippen LogP contribution is 2.42. The third-order valence-electron chi connectivity index (χ3n) is 5.62. The van der Waals surface area contributed by atoms with E-state index in [0.29, 0.717) is 18.8 Å². The number of hydrogen-bond donors (Lipinski definition) is 7. The molecule has 12 nitrogen and oxygen atoms in total. The molecule has 192 valence electrons. The minimum absolute atomic E-state index is 0.0154. The molecule has 1 unspecified atom stereocenters. The van der Waals surface area contributed by atoms with Crippen LogP contribution in [0.2, 0.25) is 0 Å². The van der Waals surface area contributed by atoms with Gasteiger partial charge in [0, 0.05) is 37.6 Å². The van der Waals surface area contributed by atoms with Crippen LogP contribution in [0.15, 0.2) is 24.3 Å². The normalized spacial score (nSPS) is 13.1. The fourth-order valence-corrected chi connectivity index (χ4v) is 3.87. The zero-order chi connectivity index (χ0) is 26.6. The molecule has 2 aromatic rings. The maximum Gasteiger partial charge on any atom is 0.305 e. The van der Waals surface area contributed by atoms with Gasteiger partial charge in [0.15, 0.2) is 0 Å². The summed E-state index contributed by atoms with van der Waals surface area (Å²) in [4.78, 5) is 51.4. The zero-order valence-electron chi connectivity index (χ0n) is 19.9. The summed E-state index contributed by atoms with van der Waals surface area (Å²) in [7, 11) is 3.78. The molecule has 1 amide bonds. The van der Waals surface area contributed by atoms with Crippen LogP contribution < -0.4 is 21.7 Å². The van der Waals surface area contributed by atoms with Crippen LogP contribution >= 0.6 is 0 Å². The number of carboxylic acid groups (broad SMARTS) is 1. The van der Waals surface area contributed by atoms with Crippen LogP contribution in [0.25, 0.3) is 0 Å². The second-order valence-electron chi connectivity index (χ2n) is 8.57. The Balaban J connectivity index is 1.84. The average molecular weight is 500 g/mol. The molecule has 0 aromatic heterocycles. The summed E-state index contributed by atoms with van der Waals surface area (Å²) >= 11 is 0. The summed E-state index contributed by atoms with van der Waals surface area (Å²) in [6.07, 6.45) is -0.518. The van der Waals surface area contributed by atoms with Gasteiger partial charge in [-0.3, -0.25) is 19.2 Å². The lowest BCUT2D eigenvalue weighted by atomic mass is 9.81. The van der Waals surface area contributed by atoms with E-state index in [-0.39, 0.29) is 52.5 Å². The molecule has 8 N–H and O–H groups in total. The number of fused-ring (bicyclic) bond motifs is 2. The number of nitrogens with two attached hydrogens (primary N) is 1. The van der Waals surface area contributed by atoms with Gasteiger partial charge in [0.25, 0.3) is 0 Å². The number of nitrogens with zero attached hydrogens (tertiary/aromatic N) is 1. The topological polar surface area (TPSA) is 194 Å². The van der Waals surface area contributed by atoms with Crippen LogP contribution in [0.4, 0.5) is 11.4 Å². The highest BCUT2D eigenvalue weighted by atomic mass is 16.4. The molecule has 0 heterocycles. The van der Waals surface area contributed by atoms with Crippen LogP contribution in [-0.4, -0.2) is 90.0 Å². The minimum Gasteiger partial charge on any atom is -0.507 e. The number of nitrogens with one attached hydrogen (secondary N) is 3. The highest BCUT2D eigenvalue weighted by molar-refractivity contribution is 6.33. The third kappa shape index (κ3) is 5.56. The second kappa shape index (κ2) is 11.1. The first-order chi connectivity index (χ1) is 17.0. The van der Waals surface area contributed by atoms with E-state index in [1.165, 1.54) is 24.3 Å². The molecule has 1 aliphatic rings. The van der Waals surface area contributed by atoms with Gasteiger partial charge in [-0.1, -0.05) is 0 Å². The van der Waals surface area contributed by atoms with E-state index in [9.17, 15) is 29.4 Å². The standard InChI is InChI=1S/C24H29N5O7/c1-29(2)10-9-27-14-4-6-16(31)21-19(14)23(35)20-15(30)5-3-13(18(20)22(21)34)26-7-8-28-24(36)12(25)11-17(32)33/h3-6,12,26-27,30-31H,7-11,25H2,1-2H3,(H,28,36)(H,32,33). The Kier molecular flexibility index (Phi) is 8.12. The summed E-state index contributed by atoms with van der Waals surface area (Å²) in [6.45, 7) is 1.29. The van der Waals surface area contributed by atoms with E-state index < -0.39 is 35.9 Å². The number of hydrogen-bond acceptors (Lipinski definition) is 10. The number of anilines is 2. The number of benzene rings is 2. The third-order valence-corrected chi connectivity index (χ3v) is 5.62. The number of carbonyl (C=O) groups excluding carboxylic acids is 3. The first-order valence-corrected chi connectivity index (χ1v) is 11.2. The van der Waals surface area contributed by atoms with Gasteiger partial charge >= 0.3 is 5.97 Å². The molecule has 0 aliphatic heterocycles. The average Bonchev–Trinajstić information content (AvgIpc) is 2.80. The van der Waals surface area contributed by atoms with Gasteiger partial charge in [-0.25, -0.2) is 0 Å². The predicted molar refractivity (Wildman–Crippen MR) is 132 cm³/mol. The van der Waals surface area contributed by atoms with Crippen molar-refractivity contribution in [2.45, 2.75) is 12.5 Å². The van der Waals surface area contributed by atoms with Gasteiger partial charge in [-0.05, 0) is 38.4 Å². The Morgan fingerprint density at radius 2 is 1.36 bits per heavy atom. The van der Waals surface area contributed by atoms with Crippen LogP contribution in [0.1, 0.15) is 38.3 Å². The van der Waals surface area contributed by atoms with Crippen molar-refractivity contribution in [1.29, 1.82) is 0 Å². The van der Waals surface area contributed by atoms with Crippen molar-refractivity contribution < 1.29 is 34.5 Å². The van der Waals surface area contributed by atoms with Gasteiger partial charge in [-0.2, -0.15) is 0 Å². The van der Waals surface area contributed by atoms with Crippen LogP contribution in [-0.2, 0) is 9.59 Å². The summed E-state index contributed by atoms with van der Waals surface area (Å²) in [5, 5.41) is 38.2. The van der Waals surface area contributed by atoms with E-state index in [0.717, 1.165) is 0 Å². The van der Waals surface area contributed by atoms with Crippen molar-refractivity contribution >= 4 is 34.8 Å². The zero-order valence-corrected chi connectivity index (χ0v) is 19.9. The number of phenols is 2. The summed E-state index contributed by atoms with van der Waals surface area (Å²) in [5.41, 5.74) is 5.64. The number of carboxylic acids is 1. The predicted octanol–water partition coefficient (Wildman–Crippen LogP) is 0.177. The Labute approximate surface area is 207 Å². The number of carbonyl (C=O) groups is 4. The van der Waals surface area contributed by atoms with Gasteiger partial charge in [0.1, 0.15) is 11.5 Å². The van der Waals surface area contributed by atoms with Crippen molar-refractivity contribution in [2.75, 3.05) is 50.9 Å². The molecular weight excluding hydrogens is 470 g/mol. The van der Waals surface area contributed by atoms with Gasteiger partial charge < -0.3 is 41.9 Å².